The molecule has 2 rings (SSSR count). The maximum atomic E-state index is 8.36. The molecule has 4 nitrogen and oxygen atoms in total. The maximum absolute atomic E-state index is 8.36. The summed E-state index contributed by atoms with van der Waals surface area (Å²) < 4.78 is 0. The minimum Gasteiger partial charge on any atom is -0.483 e. The van der Waals surface area contributed by atoms with Gasteiger partial charge in [-0.05, 0) is 37.2 Å². The van der Waals surface area contributed by atoms with Crippen LogP contribution in [-0.4, -0.2) is 29.7 Å². The van der Waals surface area contributed by atoms with E-state index in [0.29, 0.717) is 0 Å². The lowest BCUT2D eigenvalue weighted by molar-refractivity contribution is -0.122. The second-order valence-corrected chi connectivity index (χ2v) is 4.61. The Morgan fingerprint density at radius 3 is 2.39 bits per heavy atom. The number of nitrogens with zero attached hydrogens (tertiary/aromatic N) is 1. The SMILES string of the molecule is NN1CCC(CCc2ccccc2)CC1.O=CO. The Hall–Kier alpha value is -1.39. The predicted molar refractivity (Wildman–Crippen MR) is 71.9 cm³/mol. The number of hydrogen-bond donors (Lipinski definition) is 2. The van der Waals surface area contributed by atoms with Crippen LogP contribution in [-0.2, 0) is 11.2 Å². The van der Waals surface area contributed by atoms with Gasteiger partial charge in [0.1, 0.15) is 0 Å². The quantitative estimate of drug-likeness (QED) is 0.635. The van der Waals surface area contributed by atoms with Crippen molar-refractivity contribution in [2.24, 2.45) is 11.8 Å². The Morgan fingerprint density at radius 1 is 1.28 bits per heavy atom. The van der Waals surface area contributed by atoms with Gasteiger partial charge in [-0.25, -0.2) is 5.01 Å². The Labute approximate surface area is 108 Å². The number of carboxylic acid groups (broad SMARTS) is 1. The number of rotatable bonds is 3. The van der Waals surface area contributed by atoms with Crippen molar-refractivity contribution >= 4 is 6.47 Å². The van der Waals surface area contributed by atoms with Gasteiger partial charge in [0.05, 0.1) is 0 Å². The van der Waals surface area contributed by atoms with Crippen LogP contribution in [0.5, 0.6) is 0 Å². The highest BCUT2D eigenvalue weighted by Gasteiger charge is 2.16. The van der Waals surface area contributed by atoms with Gasteiger partial charge < -0.3 is 5.11 Å². The van der Waals surface area contributed by atoms with Crippen LogP contribution in [0.3, 0.4) is 0 Å². The van der Waals surface area contributed by atoms with Crippen molar-refractivity contribution in [3.63, 3.8) is 0 Å². The minimum atomic E-state index is -0.250. The summed E-state index contributed by atoms with van der Waals surface area (Å²) in [4.78, 5) is 8.36. The van der Waals surface area contributed by atoms with E-state index in [4.69, 9.17) is 15.7 Å². The van der Waals surface area contributed by atoms with Crippen LogP contribution in [0.1, 0.15) is 24.8 Å². The summed E-state index contributed by atoms with van der Waals surface area (Å²) in [5.74, 6) is 6.62. The summed E-state index contributed by atoms with van der Waals surface area (Å²) in [7, 11) is 0. The van der Waals surface area contributed by atoms with E-state index < -0.39 is 0 Å². The molecule has 1 aromatic carbocycles. The average Bonchev–Trinajstić information content (AvgIpc) is 2.40. The van der Waals surface area contributed by atoms with Crippen LogP contribution < -0.4 is 5.84 Å². The second-order valence-electron chi connectivity index (χ2n) is 4.61. The molecular weight excluding hydrogens is 228 g/mol. The smallest absolute Gasteiger partial charge is 0.290 e. The highest BCUT2D eigenvalue weighted by molar-refractivity contribution is 5.32. The van der Waals surface area contributed by atoms with Crippen LogP contribution in [0.2, 0.25) is 0 Å². The molecule has 0 bridgehead atoms. The Morgan fingerprint density at radius 2 is 1.83 bits per heavy atom. The first kappa shape index (κ1) is 14.7. The normalized spacial score (nSPS) is 16.7. The summed E-state index contributed by atoms with van der Waals surface area (Å²) in [6, 6.07) is 10.8. The molecular formula is C14H22N2O2. The standard InChI is InChI=1S/C13H20N2.CH2O2/c14-15-10-8-13(9-11-15)7-6-12-4-2-1-3-5-12;2-1-3/h1-5,13H,6-11,14H2;1H,(H,2,3). The number of nitrogens with two attached hydrogens (primary N) is 1. The van der Waals surface area contributed by atoms with Crippen LogP contribution in [0.15, 0.2) is 30.3 Å². The van der Waals surface area contributed by atoms with Gasteiger partial charge >= 0.3 is 0 Å². The van der Waals surface area contributed by atoms with Crippen LogP contribution in [0, 0.1) is 5.92 Å². The molecule has 0 saturated carbocycles. The van der Waals surface area contributed by atoms with Crippen LogP contribution >= 0.6 is 0 Å². The van der Waals surface area contributed by atoms with Crippen molar-refractivity contribution < 1.29 is 9.90 Å². The molecule has 0 aromatic heterocycles. The summed E-state index contributed by atoms with van der Waals surface area (Å²) in [6.07, 6.45) is 5.07. The molecule has 0 radical (unpaired) electrons. The third kappa shape index (κ3) is 5.80. The molecule has 4 heteroatoms. The van der Waals surface area contributed by atoms with Crippen molar-refractivity contribution in [3.05, 3.63) is 35.9 Å². The first-order valence-corrected chi connectivity index (χ1v) is 6.37. The van der Waals surface area contributed by atoms with Crippen molar-refractivity contribution in [1.82, 2.24) is 5.01 Å². The topological polar surface area (TPSA) is 66.6 Å². The fourth-order valence-electron chi connectivity index (χ4n) is 2.26. The van der Waals surface area contributed by atoms with Crippen LogP contribution in [0.4, 0.5) is 0 Å². The van der Waals surface area contributed by atoms with E-state index in [9.17, 15) is 0 Å². The van der Waals surface area contributed by atoms with E-state index in [1.54, 1.807) is 0 Å². The zero-order valence-electron chi connectivity index (χ0n) is 10.7. The van der Waals surface area contributed by atoms with Crippen LogP contribution in [0.25, 0.3) is 0 Å². The summed E-state index contributed by atoms with van der Waals surface area (Å²) in [5, 5.41) is 8.83. The summed E-state index contributed by atoms with van der Waals surface area (Å²) in [5.41, 5.74) is 1.47. The molecule has 0 unspecified atom stereocenters. The largest absolute Gasteiger partial charge is 0.483 e. The molecule has 18 heavy (non-hydrogen) atoms. The van der Waals surface area contributed by atoms with Gasteiger partial charge in [0.25, 0.3) is 6.47 Å². The highest BCUT2D eigenvalue weighted by Crippen LogP contribution is 2.20. The lowest BCUT2D eigenvalue weighted by Crippen LogP contribution is -2.38. The number of carbonyl (C=O) groups is 1. The van der Waals surface area contributed by atoms with E-state index in [0.717, 1.165) is 19.0 Å². The highest BCUT2D eigenvalue weighted by atomic mass is 16.3. The van der Waals surface area contributed by atoms with Gasteiger partial charge in [-0.1, -0.05) is 30.3 Å². The number of hydrogen-bond acceptors (Lipinski definition) is 3. The number of aryl methyl sites for hydroxylation is 1. The van der Waals surface area contributed by atoms with Gasteiger partial charge in [-0.3, -0.25) is 10.6 Å². The fraction of sp³-hybridized carbons (Fsp3) is 0.500. The van der Waals surface area contributed by atoms with E-state index >= 15 is 0 Å². The monoisotopic (exact) mass is 250 g/mol. The Balaban J connectivity index is 0.000000492. The third-order valence-corrected chi connectivity index (χ3v) is 3.33. The fourth-order valence-corrected chi connectivity index (χ4v) is 2.26. The van der Waals surface area contributed by atoms with Gasteiger partial charge in [-0.2, -0.15) is 0 Å². The molecule has 1 aliphatic heterocycles. The van der Waals surface area contributed by atoms with Gasteiger partial charge in [0.2, 0.25) is 0 Å². The molecule has 1 fully saturated rings. The van der Waals surface area contributed by atoms with Crippen molar-refractivity contribution in [3.8, 4) is 0 Å². The molecule has 1 heterocycles. The number of benzene rings is 1. The lowest BCUT2D eigenvalue weighted by atomic mass is 9.91. The minimum absolute atomic E-state index is 0.250. The summed E-state index contributed by atoms with van der Waals surface area (Å²) >= 11 is 0. The van der Waals surface area contributed by atoms with E-state index in [-0.39, 0.29) is 6.47 Å². The average molecular weight is 250 g/mol. The zero-order valence-corrected chi connectivity index (χ0v) is 10.7. The molecule has 1 saturated heterocycles. The summed E-state index contributed by atoms with van der Waals surface area (Å²) in [6.45, 7) is 1.89. The van der Waals surface area contributed by atoms with E-state index in [2.05, 4.69) is 30.3 Å². The molecule has 0 amide bonds. The first-order valence-electron chi connectivity index (χ1n) is 6.37. The first-order chi connectivity index (χ1) is 8.76. The van der Waals surface area contributed by atoms with Gasteiger partial charge in [-0.15, -0.1) is 0 Å². The molecule has 100 valence electrons. The lowest BCUT2D eigenvalue weighted by Gasteiger charge is -2.28. The molecule has 0 spiro atoms. The molecule has 0 atom stereocenters. The number of piperidine rings is 1. The third-order valence-electron chi connectivity index (χ3n) is 3.33. The second kappa shape index (κ2) is 8.66. The van der Waals surface area contributed by atoms with Gasteiger partial charge in [0.15, 0.2) is 0 Å². The van der Waals surface area contributed by atoms with Crippen molar-refractivity contribution in [2.45, 2.75) is 25.7 Å². The molecule has 1 aromatic rings. The van der Waals surface area contributed by atoms with Crippen molar-refractivity contribution in [1.29, 1.82) is 0 Å². The maximum Gasteiger partial charge on any atom is 0.290 e. The zero-order chi connectivity index (χ0) is 13.2. The van der Waals surface area contributed by atoms with Gasteiger partial charge in [0, 0.05) is 13.1 Å². The molecule has 1 aliphatic rings. The molecule has 0 aliphatic carbocycles. The van der Waals surface area contributed by atoms with E-state index in [1.807, 2.05) is 5.01 Å². The number of hydrazine groups is 1. The Kier molecular flexibility index (Phi) is 7.06. The Bertz CT molecular complexity index is 322. The predicted octanol–water partition coefficient (Wildman–Crippen LogP) is 1.91. The van der Waals surface area contributed by atoms with Crippen molar-refractivity contribution in [2.75, 3.05) is 13.1 Å². The van der Waals surface area contributed by atoms with E-state index in [1.165, 1.54) is 31.2 Å². The molecule has 3 N–H and O–H groups in total.